The zero-order valence-corrected chi connectivity index (χ0v) is 14.7. The number of rotatable bonds is 4. The van der Waals surface area contributed by atoms with Crippen LogP contribution in [0.3, 0.4) is 0 Å². The van der Waals surface area contributed by atoms with Crippen molar-refractivity contribution in [3.05, 3.63) is 63.6 Å². The van der Waals surface area contributed by atoms with E-state index in [0.717, 1.165) is 26.9 Å². The summed E-state index contributed by atoms with van der Waals surface area (Å²) in [6.45, 7) is 4.20. The summed E-state index contributed by atoms with van der Waals surface area (Å²) >= 11 is 3.39. The van der Waals surface area contributed by atoms with Gasteiger partial charge in [0.15, 0.2) is 0 Å². The van der Waals surface area contributed by atoms with E-state index < -0.39 is 10.0 Å². The van der Waals surface area contributed by atoms with Crippen molar-refractivity contribution in [2.75, 3.05) is 10.6 Å². The first-order valence-electron chi connectivity index (χ1n) is 6.57. The number of nitrogens with zero attached hydrogens (tertiary/aromatic N) is 1. The van der Waals surface area contributed by atoms with Gasteiger partial charge in [0.25, 0.3) is 0 Å². The van der Waals surface area contributed by atoms with Crippen molar-refractivity contribution in [3.8, 4) is 0 Å². The SMILES string of the molecule is Cc1cccc(C)c1N(Cc1ccc(Br)cc1)S(C)(=O)=O. The lowest BCUT2D eigenvalue weighted by Gasteiger charge is -2.26. The van der Waals surface area contributed by atoms with Crippen LogP contribution in [0.4, 0.5) is 5.69 Å². The molecule has 0 unspecified atom stereocenters. The smallest absolute Gasteiger partial charge is 0.232 e. The molecule has 2 aromatic carbocycles. The maximum absolute atomic E-state index is 12.2. The number of para-hydroxylation sites is 1. The molecule has 0 N–H and O–H groups in total. The standard InChI is InChI=1S/C16H18BrNO2S/c1-12-5-4-6-13(2)16(12)18(21(3,19)20)11-14-7-9-15(17)10-8-14/h4-10H,11H2,1-3H3. The molecular weight excluding hydrogens is 350 g/mol. The first kappa shape index (κ1) is 16.0. The van der Waals surface area contributed by atoms with E-state index in [1.165, 1.54) is 10.6 Å². The molecule has 0 heterocycles. The fourth-order valence-corrected chi connectivity index (χ4v) is 3.58. The normalized spacial score (nSPS) is 11.4. The predicted molar refractivity (Wildman–Crippen MR) is 91.1 cm³/mol. The average Bonchev–Trinajstić information content (AvgIpc) is 2.38. The summed E-state index contributed by atoms with van der Waals surface area (Å²) in [6.07, 6.45) is 1.25. The van der Waals surface area contributed by atoms with E-state index in [1.54, 1.807) is 0 Å². The third-order valence-electron chi connectivity index (χ3n) is 3.33. The van der Waals surface area contributed by atoms with Gasteiger partial charge >= 0.3 is 0 Å². The Labute approximate surface area is 134 Å². The largest absolute Gasteiger partial charge is 0.266 e. The van der Waals surface area contributed by atoms with Crippen LogP contribution in [0.15, 0.2) is 46.9 Å². The van der Waals surface area contributed by atoms with Gasteiger partial charge < -0.3 is 0 Å². The number of hydrogen-bond acceptors (Lipinski definition) is 2. The molecule has 0 aliphatic carbocycles. The third kappa shape index (κ3) is 3.86. The molecule has 0 amide bonds. The van der Waals surface area contributed by atoms with Crippen molar-refractivity contribution >= 4 is 31.6 Å². The van der Waals surface area contributed by atoms with Crippen LogP contribution in [0.1, 0.15) is 16.7 Å². The van der Waals surface area contributed by atoms with Crippen molar-refractivity contribution in [2.24, 2.45) is 0 Å². The molecule has 21 heavy (non-hydrogen) atoms. The number of sulfonamides is 1. The molecule has 2 rings (SSSR count). The molecule has 0 saturated heterocycles. The van der Waals surface area contributed by atoms with E-state index in [-0.39, 0.29) is 0 Å². The monoisotopic (exact) mass is 367 g/mol. The van der Waals surface area contributed by atoms with E-state index in [9.17, 15) is 8.42 Å². The van der Waals surface area contributed by atoms with Gasteiger partial charge in [-0.15, -0.1) is 0 Å². The summed E-state index contributed by atoms with van der Waals surface area (Å²) in [7, 11) is -3.35. The number of anilines is 1. The first-order valence-corrected chi connectivity index (χ1v) is 9.21. The maximum atomic E-state index is 12.2. The number of halogens is 1. The molecule has 0 fully saturated rings. The van der Waals surface area contributed by atoms with Gasteiger partial charge in [-0.1, -0.05) is 46.3 Å². The van der Waals surface area contributed by atoms with E-state index in [4.69, 9.17) is 0 Å². The van der Waals surface area contributed by atoms with Crippen LogP contribution in [0.2, 0.25) is 0 Å². The summed E-state index contributed by atoms with van der Waals surface area (Å²) < 4.78 is 26.9. The van der Waals surface area contributed by atoms with E-state index in [0.29, 0.717) is 6.54 Å². The zero-order valence-electron chi connectivity index (χ0n) is 12.3. The average molecular weight is 368 g/mol. The van der Waals surface area contributed by atoms with Crippen molar-refractivity contribution in [3.63, 3.8) is 0 Å². The molecule has 0 aliphatic rings. The fourth-order valence-electron chi connectivity index (χ4n) is 2.32. The number of aryl methyl sites for hydroxylation is 2. The Kier molecular flexibility index (Phi) is 4.74. The Morgan fingerprint density at radius 1 is 1.00 bits per heavy atom. The summed E-state index contributed by atoms with van der Waals surface area (Å²) in [5.41, 5.74) is 3.63. The highest BCUT2D eigenvalue weighted by molar-refractivity contribution is 9.10. The topological polar surface area (TPSA) is 37.4 Å². The molecule has 2 aromatic rings. The highest BCUT2D eigenvalue weighted by Crippen LogP contribution is 2.28. The Hall–Kier alpha value is -1.33. The molecule has 0 atom stereocenters. The van der Waals surface area contributed by atoms with Crippen LogP contribution in [0, 0.1) is 13.8 Å². The van der Waals surface area contributed by atoms with Crippen LogP contribution >= 0.6 is 15.9 Å². The lowest BCUT2D eigenvalue weighted by molar-refractivity contribution is 0.596. The van der Waals surface area contributed by atoms with Gasteiger partial charge in [0.1, 0.15) is 0 Å². The van der Waals surface area contributed by atoms with Gasteiger partial charge in [0.05, 0.1) is 18.5 Å². The van der Waals surface area contributed by atoms with E-state index >= 15 is 0 Å². The first-order chi connectivity index (χ1) is 9.79. The van der Waals surface area contributed by atoms with Gasteiger partial charge in [0, 0.05) is 4.47 Å². The van der Waals surface area contributed by atoms with Crippen molar-refractivity contribution in [1.29, 1.82) is 0 Å². The van der Waals surface area contributed by atoms with Gasteiger partial charge in [-0.05, 0) is 42.7 Å². The summed E-state index contributed by atoms with van der Waals surface area (Å²) in [5, 5.41) is 0. The second kappa shape index (κ2) is 6.20. The van der Waals surface area contributed by atoms with Crippen molar-refractivity contribution in [1.82, 2.24) is 0 Å². The molecule has 3 nitrogen and oxygen atoms in total. The van der Waals surface area contributed by atoms with Gasteiger partial charge in [-0.25, -0.2) is 8.42 Å². The molecule has 0 aromatic heterocycles. The molecule has 112 valence electrons. The summed E-state index contributed by atoms with van der Waals surface area (Å²) in [5.74, 6) is 0. The van der Waals surface area contributed by atoms with Gasteiger partial charge in [0.2, 0.25) is 10.0 Å². The highest BCUT2D eigenvalue weighted by atomic mass is 79.9. The lowest BCUT2D eigenvalue weighted by Crippen LogP contribution is -2.30. The van der Waals surface area contributed by atoms with Gasteiger partial charge in [-0.2, -0.15) is 0 Å². The summed E-state index contributed by atoms with van der Waals surface area (Å²) in [4.78, 5) is 0. The summed E-state index contributed by atoms with van der Waals surface area (Å²) in [6, 6.07) is 13.5. The molecular formula is C16H18BrNO2S. The fraction of sp³-hybridized carbons (Fsp3) is 0.250. The van der Waals surface area contributed by atoms with Crippen LogP contribution in [0.5, 0.6) is 0 Å². The number of benzene rings is 2. The Balaban J connectivity index is 2.48. The van der Waals surface area contributed by atoms with Crippen molar-refractivity contribution in [2.45, 2.75) is 20.4 Å². The minimum atomic E-state index is -3.35. The maximum Gasteiger partial charge on any atom is 0.232 e. The van der Waals surface area contributed by atoms with E-state index in [2.05, 4.69) is 15.9 Å². The Morgan fingerprint density at radius 2 is 1.52 bits per heavy atom. The molecule has 0 aliphatic heterocycles. The van der Waals surface area contributed by atoms with Crippen LogP contribution in [0.25, 0.3) is 0 Å². The lowest BCUT2D eigenvalue weighted by atomic mass is 10.1. The van der Waals surface area contributed by atoms with Crippen molar-refractivity contribution < 1.29 is 8.42 Å². The molecule has 5 heteroatoms. The van der Waals surface area contributed by atoms with Crippen LogP contribution in [-0.2, 0) is 16.6 Å². The van der Waals surface area contributed by atoms with Crippen LogP contribution < -0.4 is 4.31 Å². The number of hydrogen-bond donors (Lipinski definition) is 0. The molecule has 0 saturated carbocycles. The predicted octanol–water partition coefficient (Wildman–Crippen LogP) is 4.03. The minimum Gasteiger partial charge on any atom is -0.266 e. The Morgan fingerprint density at radius 3 is 2.00 bits per heavy atom. The zero-order chi connectivity index (χ0) is 15.6. The Bertz CT molecular complexity index is 719. The quantitative estimate of drug-likeness (QED) is 0.817. The second-order valence-electron chi connectivity index (χ2n) is 5.14. The van der Waals surface area contributed by atoms with Gasteiger partial charge in [-0.3, -0.25) is 4.31 Å². The van der Waals surface area contributed by atoms with E-state index in [1.807, 2.05) is 56.3 Å². The third-order valence-corrected chi connectivity index (χ3v) is 4.97. The van der Waals surface area contributed by atoms with Crippen LogP contribution in [-0.4, -0.2) is 14.7 Å². The molecule has 0 bridgehead atoms. The molecule has 0 radical (unpaired) electrons. The highest BCUT2D eigenvalue weighted by Gasteiger charge is 2.21. The second-order valence-corrected chi connectivity index (χ2v) is 7.96. The molecule has 0 spiro atoms. The minimum absolute atomic E-state index is 0.331.